The molecule has 1 unspecified atom stereocenters. The fourth-order valence-corrected chi connectivity index (χ4v) is 3.63. The van der Waals surface area contributed by atoms with Gasteiger partial charge in [-0.1, -0.05) is 30.7 Å². The van der Waals surface area contributed by atoms with Gasteiger partial charge in [0.05, 0.1) is 11.1 Å². The molecule has 0 aliphatic carbocycles. The Labute approximate surface area is 128 Å². The van der Waals surface area contributed by atoms with E-state index < -0.39 is 0 Å². The predicted octanol–water partition coefficient (Wildman–Crippen LogP) is 5.25. The average molecular weight is 312 g/mol. The highest BCUT2D eigenvalue weighted by Gasteiger charge is 2.22. The number of thiophene rings is 1. The van der Waals surface area contributed by atoms with Crippen LogP contribution in [-0.4, -0.2) is 6.54 Å². The van der Waals surface area contributed by atoms with E-state index in [4.69, 9.17) is 11.6 Å². The fraction of sp³-hybridized carbons (Fsp3) is 0.375. The monoisotopic (exact) mass is 311 g/mol. The molecular weight excluding hydrogens is 293 g/mol. The summed E-state index contributed by atoms with van der Waals surface area (Å²) in [7, 11) is 0. The van der Waals surface area contributed by atoms with Gasteiger partial charge < -0.3 is 5.32 Å². The summed E-state index contributed by atoms with van der Waals surface area (Å²) in [5, 5.41) is 3.61. The Morgan fingerprint density at radius 2 is 2.10 bits per heavy atom. The van der Waals surface area contributed by atoms with Gasteiger partial charge in [-0.15, -0.1) is 11.3 Å². The fourth-order valence-electron chi connectivity index (χ4n) is 2.32. The van der Waals surface area contributed by atoms with Gasteiger partial charge in [-0.2, -0.15) is 0 Å². The third kappa shape index (κ3) is 3.22. The van der Waals surface area contributed by atoms with Crippen molar-refractivity contribution in [2.24, 2.45) is 0 Å². The van der Waals surface area contributed by atoms with Crippen molar-refractivity contribution in [3.05, 3.63) is 56.0 Å². The van der Waals surface area contributed by atoms with Gasteiger partial charge in [-0.3, -0.25) is 0 Å². The summed E-state index contributed by atoms with van der Waals surface area (Å²) in [5.41, 5.74) is 1.82. The Morgan fingerprint density at radius 1 is 1.35 bits per heavy atom. The summed E-state index contributed by atoms with van der Waals surface area (Å²) >= 11 is 7.64. The van der Waals surface area contributed by atoms with Crippen LogP contribution in [0.2, 0.25) is 5.02 Å². The number of aryl methyl sites for hydroxylation is 2. The van der Waals surface area contributed by atoms with Crippen LogP contribution in [0.3, 0.4) is 0 Å². The second-order valence-corrected chi connectivity index (χ2v) is 6.63. The standard InChI is InChI=1S/C16H19ClFNS/c1-4-8-19-15(16-10(2)9-11(3)20-16)12-6-5-7-13(17)14(12)18/h5-7,9,15,19H,4,8H2,1-3H3. The number of benzene rings is 1. The lowest BCUT2D eigenvalue weighted by molar-refractivity contribution is 0.550. The zero-order chi connectivity index (χ0) is 14.7. The van der Waals surface area contributed by atoms with E-state index in [1.165, 1.54) is 10.4 Å². The zero-order valence-corrected chi connectivity index (χ0v) is 13.5. The third-order valence-electron chi connectivity index (χ3n) is 3.23. The van der Waals surface area contributed by atoms with Gasteiger partial charge >= 0.3 is 0 Å². The first kappa shape index (κ1) is 15.5. The topological polar surface area (TPSA) is 12.0 Å². The van der Waals surface area contributed by atoms with Gasteiger partial charge in [-0.25, -0.2) is 4.39 Å². The van der Waals surface area contributed by atoms with E-state index in [1.807, 2.05) is 6.07 Å². The first-order valence-corrected chi connectivity index (χ1v) is 7.98. The largest absolute Gasteiger partial charge is 0.305 e. The lowest BCUT2D eigenvalue weighted by Gasteiger charge is -2.20. The SMILES string of the molecule is CCCNC(c1cccc(Cl)c1F)c1sc(C)cc1C. The molecule has 108 valence electrons. The Hall–Kier alpha value is -0.900. The molecule has 0 fully saturated rings. The molecule has 20 heavy (non-hydrogen) atoms. The first-order chi connectivity index (χ1) is 9.54. The minimum absolute atomic E-state index is 0.132. The highest BCUT2D eigenvalue weighted by atomic mass is 35.5. The maximum absolute atomic E-state index is 14.3. The van der Waals surface area contributed by atoms with Crippen LogP contribution in [-0.2, 0) is 0 Å². The van der Waals surface area contributed by atoms with Crippen LogP contribution in [0.1, 0.15) is 40.3 Å². The Kier molecular flexibility index (Phi) is 5.19. The van der Waals surface area contributed by atoms with E-state index in [0.29, 0.717) is 5.56 Å². The van der Waals surface area contributed by atoms with Crippen LogP contribution in [0.15, 0.2) is 24.3 Å². The molecule has 0 bridgehead atoms. The maximum atomic E-state index is 14.3. The molecule has 0 aliphatic heterocycles. The van der Waals surface area contributed by atoms with E-state index >= 15 is 0 Å². The van der Waals surface area contributed by atoms with Crippen LogP contribution >= 0.6 is 22.9 Å². The van der Waals surface area contributed by atoms with E-state index in [1.54, 1.807) is 23.5 Å². The molecule has 0 spiro atoms. The third-order valence-corrected chi connectivity index (χ3v) is 4.74. The maximum Gasteiger partial charge on any atom is 0.146 e. The average Bonchev–Trinajstić information content (AvgIpc) is 2.74. The van der Waals surface area contributed by atoms with Crippen molar-refractivity contribution in [3.63, 3.8) is 0 Å². The quantitative estimate of drug-likeness (QED) is 0.795. The molecule has 2 aromatic rings. The van der Waals surface area contributed by atoms with Gasteiger partial charge in [0.2, 0.25) is 0 Å². The predicted molar refractivity (Wildman–Crippen MR) is 85.3 cm³/mol. The zero-order valence-electron chi connectivity index (χ0n) is 12.0. The highest BCUT2D eigenvalue weighted by Crippen LogP contribution is 2.34. The van der Waals surface area contributed by atoms with E-state index in [-0.39, 0.29) is 16.9 Å². The van der Waals surface area contributed by atoms with Gasteiger partial charge in [0.15, 0.2) is 0 Å². The summed E-state index contributed by atoms with van der Waals surface area (Å²) in [6, 6.07) is 7.21. The summed E-state index contributed by atoms with van der Waals surface area (Å²) in [4.78, 5) is 2.40. The Bertz CT molecular complexity index is 594. The first-order valence-electron chi connectivity index (χ1n) is 6.78. The lowest BCUT2D eigenvalue weighted by atomic mass is 10.0. The Morgan fingerprint density at radius 3 is 2.70 bits per heavy atom. The lowest BCUT2D eigenvalue weighted by Crippen LogP contribution is -2.24. The molecule has 0 radical (unpaired) electrons. The van der Waals surface area contributed by atoms with Crippen molar-refractivity contribution in [3.8, 4) is 0 Å². The van der Waals surface area contributed by atoms with Crippen molar-refractivity contribution >= 4 is 22.9 Å². The van der Waals surface area contributed by atoms with E-state index in [0.717, 1.165) is 17.8 Å². The Balaban J connectivity index is 2.47. The van der Waals surface area contributed by atoms with Crippen LogP contribution < -0.4 is 5.32 Å². The molecule has 0 amide bonds. The highest BCUT2D eigenvalue weighted by molar-refractivity contribution is 7.12. The van der Waals surface area contributed by atoms with E-state index in [2.05, 4.69) is 32.2 Å². The molecule has 2 rings (SSSR count). The van der Waals surface area contributed by atoms with Gasteiger partial charge in [0.25, 0.3) is 0 Å². The van der Waals surface area contributed by atoms with Crippen molar-refractivity contribution in [2.75, 3.05) is 6.54 Å². The number of halogens is 2. The molecule has 1 aromatic carbocycles. The number of nitrogens with one attached hydrogen (secondary N) is 1. The van der Waals surface area contributed by atoms with Gasteiger partial charge in [0.1, 0.15) is 5.82 Å². The van der Waals surface area contributed by atoms with Crippen molar-refractivity contribution in [1.29, 1.82) is 0 Å². The molecule has 1 heterocycles. The number of hydrogen-bond donors (Lipinski definition) is 1. The second-order valence-electron chi connectivity index (χ2n) is 4.93. The number of hydrogen-bond acceptors (Lipinski definition) is 2. The minimum Gasteiger partial charge on any atom is -0.305 e. The molecular formula is C16H19ClFNS. The summed E-state index contributed by atoms with van der Waals surface area (Å²) in [6.45, 7) is 7.09. The molecule has 1 N–H and O–H groups in total. The van der Waals surface area contributed by atoms with Crippen LogP contribution in [0.5, 0.6) is 0 Å². The molecule has 1 aromatic heterocycles. The van der Waals surface area contributed by atoms with Gasteiger partial charge in [-0.05, 0) is 44.5 Å². The van der Waals surface area contributed by atoms with Crippen LogP contribution in [0.25, 0.3) is 0 Å². The minimum atomic E-state index is -0.326. The molecule has 0 saturated heterocycles. The molecule has 4 heteroatoms. The van der Waals surface area contributed by atoms with Crippen molar-refractivity contribution in [2.45, 2.75) is 33.2 Å². The summed E-state index contributed by atoms with van der Waals surface area (Å²) < 4.78 is 14.3. The summed E-state index contributed by atoms with van der Waals surface area (Å²) in [6.07, 6.45) is 1.00. The van der Waals surface area contributed by atoms with Crippen molar-refractivity contribution < 1.29 is 4.39 Å². The van der Waals surface area contributed by atoms with Gasteiger partial charge in [0, 0.05) is 15.3 Å². The van der Waals surface area contributed by atoms with Crippen molar-refractivity contribution in [1.82, 2.24) is 5.32 Å². The normalized spacial score (nSPS) is 12.7. The summed E-state index contributed by atoms with van der Waals surface area (Å²) in [5.74, 6) is -0.326. The number of rotatable bonds is 5. The molecule has 1 nitrogen and oxygen atoms in total. The van der Waals surface area contributed by atoms with Crippen LogP contribution in [0, 0.1) is 19.7 Å². The molecule has 0 aliphatic rings. The van der Waals surface area contributed by atoms with E-state index in [9.17, 15) is 4.39 Å². The molecule has 0 saturated carbocycles. The second kappa shape index (κ2) is 6.70. The molecule has 1 atom stereocenters. The van der Waals surface area contributed by atoms with Crippen LogP contribution in [0.4, 0.5) is 4.39 Å². The smallest absolute Gasteiger partial charge is 0.146 e.